The highest BCUT2D eigenvalue weighted by Crippen LogP contribution is 2.21. The van der Waals surface area contributed by atoms with Gasteiger partial charge in [0.1, 0.15) is 12.0 Å². The normalized spacial score (nSPS) is 14.3. The fraction of sp³-hybridized carbons (Fsp3) is 0.238. The molecule has 0 saturated carbocycles. The van der Waals surface area contributed by atoms with Crippen molar-refractivity contribution in [3.8, 4) is 0 Å². The van der Waals surface area contributed by atoms with Crippen LogP contribution in [-0.4, -0.2) is 46.9 Å². The van der Waals surface area contributed by atoms with Crippen LogP contribution < -0.4 is 4.90 Å². The lowest BCUT2D eigenvalue weighted by molar-refractivity contribution is -0.385. The minimum absolute atomic E-state index is 0.0207. The number of carbonyl (C=O) groups excluding carboxylic acids is 1. The summed E-state index contributed by atoms with van der Waals surface area (Å²) in [6.45, 7) is 2.54. The number of hydrogen-bond donors (Lipinski definition) is 0. The Balaban J connectivity index is 1.39. The molecule has 142 valence electrons. The van der Waals surface area contributed by atoms with Crippen molar-refractivity contribution < 1.29 is 9.72 Å². The van der Waals surface area contributed by atoms with Crippen LogP contribution in [0.25, 0.3) is 10.8 Å². The van der Waals surface area contributed by atoms with Crippen LogP contribution in [0.5, 0.6) is 0 Å². The third-order valence-corrected chi connectivity index (χ3v) is 5.12. The van der Waals surface area contributed by atoms with Gasteiger partial charge in [-0.15, -0.1) is 0 Å². The summed E-state index contributed by atoms with van der Waals surface area (Å²) in [7, 11) is 0. The summed E-state index contributed by atoms with van der Waals surface area (Å²) < 4.78 is 0. The van der Waals surface area contributed by atoms with E-state index in [4.69, 9.17) is 0 Å². The van der Waals surface area contributed by atoms with Gasteiger partial charge in [-0.05, 0) is 22.4 Å². The Bertz CT molecular complexity index is 1010. The molecule has 0 radical (unpaired) electrons. The molecule has 1 fully saturated rings. The maximum absolute atomic E-state index is 12.8. The number of amides is 1. The number of piperazine rings is 1. The minimum Gasteiger partial charge on any atom is -0.353 e. The van der Waals surface area contributed by atoms with Crippen molar-refractivity contribution in [2.24, 2.45) is 0 Å². The summed E-state index contributed by atoms with van der Waals surface area (Å²) in [6.07, 6.45) is 1.66. The molecule has 0 spiro atoms. The van der Waals surface area contributed by atoms with Gasteiger partial charge in [0.25, 0.3) is 5.69 Å². The van der Waals surface area contributed by atoms with Crippen molar-refractivity contribution >= 4 is 28.2 Å². The Labute approximate surface area is 162 Å². The Morgan fingerprint density at radius 1 is 1.00 bits per heavy atom. The van der Waals surface area contributed by atoms with E-state index in [1.807, 2.05) is 34.1 Å². The standard InChI is InChI=1S/C21H20N4O3/c26-21(14-17-6-3-5-16-4-1-2-7-19(16)17)24-12-10-23(11-13-24)20-9-8-18(15-22-20)25(27)28/h1-9,15H,10-14H2. The van der Waals surface area contributed by atoms with Gasteiger partial charge in [0.05, 0.1) is 11.3 Å². The number of nitro groups is 1. The molecule has 0 atom stereocenters. The molecule has 0 N–H and O–H groups in total. The van der Waals surface area contributed by atoms with Crippen LogP contribution in [0.3, 0.4) is 0 Å². The van der Waals surface area contributed by atoms with Crippen molar-refractivity contribution in [1.29, 1.82) is 0 Å². The maximum Gasteiger partial charge on any atom is 0.287 e. The van der Waals surface area contributed by atoms with Crippen LogP contribution in [-0.2, 0) is 11.2 Å². The number of pyridine rings is 1. The molecule has 0 bridgehead atoms. The van der Waals surface area contributed by atoms with E-state index in [9.17, 15) is 14.9 Å². The molecule has 7 nitrogen and oxygen atoms in total. The molecular weight excluding hydrogens is 356 g/mol. The van der Waals surface area contributed by atoms with E-state index in [-0.39, 0.29) is 11.6 Å². The molecule has 1 saturated heterocycles. The van der Waals surface area contributed by atoms with Gasteiger partial charge in [0, 0.05) is 32.2 Å². The summed E-state index contributed by atoms with van der Waals surface area (Å²) in [5, 5.41) is 13.0. The molecule has 2 heterocycles. The SMILES string of the molecule is O=C(Cc1cccc2ccccc12)N1CCN(c2ccc([N+](=O)[O-])cn2)CC1. The second-order valence-corrected chi connectivity index (χ2v) is 6.81. The van der Waals surface area contributed by atoms with Crippen molar-refractivity contribution in [3.05, 3.63) is 76.5 Å². The van der Waals surface area contributed by atoms with Crippen molar-refractivity contribution in [2.45, 2.75) is 6.42 Å². The van der Waals surface area contributed by atoms with Crippen molar-refractivity contribution in [1.82, 2.24) is 9.88 Å². The number of benzene rings is 2. The lowest BCUT2D eigenvalue weighted by Gasteiger charge is -2.35. The third-order valence-electron chi connectivity index (χ3n) is 5.12. The van der Waals surface area contributed by atoms with E-state index in [0.717, 1.165) is 16.3 Å². The molecule has 4 rings (SSSR count). The minimum atomic E-state index is -0.458. The molecule has 1 aromatic heterocycles. The van der Waals surface area contributed by atoms with E-state index >= 15 is 0 Å². The quantitative estimate of drug-likeness (QED) is 0.516. The van der Waals surface area contributed by atoms with Crippen LogP contribution in [0, 0.1) is 10.1 Å². The van der Waals surface area contributed by atoms with Crippen molar-refractivity contribution in [3.63, 3.8) is 0 Å². The number of rotatable bonds is 4. The monoisotopic (exact) mass is 376 g/mol. The molecule has 28 heavy (non-hydrogen) atoms. The lowest BCUT2D eigenvalue weighted by atomic mass is 10.0. The predicted molar refractivity (Wildman–Crippen MR) is 107 cm³/mol. The molecule has 3 aromatic rings. The topological polar surface area (TPSA) is 79.6 Å². The molecule has 7 heteroatoms. The van der Waals surface area contributed by atoms with Gasteiger partial charge in [-0.25, -0.2) is 4.98 Å². The van der Waals surface area contributed by atoms with Gasteiger partial charge in [-0.2, -0.15) is 0 Å². The number of fused-ring (bicyclic) bond motifs is 1. The van der Waals surface area contributed by atoms with Crippen LogP contribution in [0.15, 0.2) is 60.8 Å². The van der Waals surface area contributed by atoms with Crippen molar-refractivity contribution in [2.75, 3.05) is 31.1 Å². The first-order valence-corrected chi connectivity index (χ1v) is 9.21. The van der Waals surface area contributed by atoms with E-state index in [0.29, 0.717) is 38.4 Å². The first-order valence-electron chi connectivity index (χ1n) is 9.21. The average Bonchev–Trinajstić information content (AvgIpc) is 2.74. The zero-order valence-electron chi connectivity index (χ0n) is 15.3. The Morgan fingerprint density at radius 3 is 2.46 bits per heavy atom. The van der Waals surface area contributed by atoms with E-state index in [2.05, 4.69) is 23.2 Å². The molecule has 0 unspecified atom stereocenters. The first kappa shape index (κ1) is 17.9. The summed E-state index contributed by atoms with van der Waals surface area (Å²) in [5.41, 5.74) is 1.02. The summed E-state index contributed by atoms with van der Waals surface area (Å²) in [5.74, 6) is 0.819. The first-order chi connectivity index (χ1) is 13.6. The van der Waals surface area contributed by atoms with Gasteiger partial charge in [0.15, 0.2) is 0 Å². The zero-order valence-corrected chi connectivity index (χ0v) is 15.3. The van der Waals surface area contributed by atoms with E-state index in [1.165, 1.54) is 12.3 Å². The van der Waals surface area contributed by atoms with E-state index in [1.54, 1.807) is 6.07 Å². The smallest absolute Gasteiger partial charge is 0.287 e. The zero-order chi connectivity index (χ0) is 19.5. The highest BCUT2D eigenvalue weighted by atomic mass is 16.6. The Hall–Kier alpha value is -3.48. The lowest BCUT2D eigenvalue weighted by Crippen LogP contribution is -2.49. The molecule has 1 aliphatic heterocycles. The fourth-order valence-electron chi connectivity index (χ4n) is 3.58. The van der Waals surface area contributed by atoms with Gasteiger partial charge in [-0.1, -0.05) is 42.5 Å². The van der Waals surface area contributed by atoms with Crippen LogP contribution in [0.1, 0.15) is 5.56 Å². The molecule has 0 aliphatic carbocycles. The third kappa shape index (κ3) is 3.64. The Morgan fingerprint density at radius 2 is 1.75 bits per heavy atom. The summed E-state index contributed by atoms with van der Waals surface area (Å²) >= 11 is 0. The molecule has 2 aromatic carbocycles. The number of carbonyl (C=O) groups is 1. The van der Waals surface area contributed by atoms with Gasteiger partial charge >= 0.3 is 0 Å². The molecule has 1 amide bonds. The second kappa shape index (κ2) is 7.64. The largest absolute Gasteiger partial charge is 0.353 e. The van der Waals surface area contributed by atoms with Crippen LogP contribution >= 0.6 is 0 Å². The summed E-state index contributed by atoms with van der Waals surface area (Å²) in [6, 6.07) is 17.3. The second-order valence-electron chi connectivity index (χ2n) is 6.81. The maximum atomic E-state index is 12.8. The fourth-order valence-corrected chi connectivity index (χ4v) is 3.58. The predicted octanol–water partition coefficient (Wildman–Crippen LogP) is 3.03. The van der Waals surface area contributed by atoms with Gasteiger partial charge in [0.2, 0.25) is 5.91 Å². The number of nitrogens with zero attached hydrogens (tertiary/aromatic N) is 4. The molecular formula is C21H20N4O3. The molecule has 1 aliphatic rings. The average molecular weight is 376 g/mol. The number of aromatic nitrogens is 1. The summed E-state index contributed by atoms with van der Waals surface area (Å²) in [4.78, 5) is 31.2. The number of anilines is 1. The van der Waals surface area contributed by atoms with Gasteiger partial charge < -0.3 is 9.80 Å². The van der Waals surface area contributed by atoms with Crippen LogP contribution in [0.2, 0.25) is 0 Å². The number of hydrogen-bond acceptors (Lipinski definition) is 5. The highest BCUT2D eigenvalue weighted by molar-refractivity contribution is 5.90. The highest BCUT2D eigenvalue weighted by Gasteiger charge is 2.22. The van der Waals surface area contributed by atoms with Crippen LogP contribution in [0.4, 0.5) is 11.5 Å². The van der Waals surface area contributed by atoms with Gasteiger partial charge in [-0.3, -0.25) is 14.9 Å². The Kier molecular flexibility index (Phi) is 4.89. The van der Waals surface area contributed by atoms with E-state index < -0.39 is 4.92 Å².